The summed E-state index contributed by atoms with van der Waals surface area (Å²) in [4.78, 5) is 17.4. The van der Waals surface area contributed by atoms with Crippen LogP contribution < -0.4 is 10.6 Å². The molecule has 1 aromatic heterocycles. The van der Waals surface area contributed by atoms with Gasteiger partial charge in [-0.15, -0.1) is 11.3 Å². The van der Waals surface area contributed by atoms with Crippen LogP contribution in [-0.4, -0.2) is 30.3 Å². The number of amides is 2. The lowest BCUT2D eigenvalue weighted by atomic mass is 9.99. The van der Waals surface area contributed by atoms with Crippen molar-refractivity contribution < 1.29 is 9.53 Å². The molecular weight excluding hydrogens is 274 g/mol. The van der Waals surface area contributed by atoms with Crippen LogP contribution in [-0.2, 0) is 4.74 Å². The summed E-state index contributed by atoms with van der Waals surface area (Å²) in [5.74, 6) is 0.530. The van der Waals surface area contributed by atoms with Gasteiger partial charge in [0.2, 0.25) is 0 Å². The number of urea groups is 1. The number of carbonyl (C=O) groups excluding carboxylic acids is 1. The van der Waals surface area contributed by atoms with Gasteiger partial charge in [-0.2, -0.15) is 0 Å². The molecule has 3 rings (SSSR count). The zero-order chi connectivity index (χ0) is 14.2. The molecule has 110 valence electrons. The first kappa shape index (κ1) is 13.8. The second-order valence-electron chi connectivity index (χ2n) is 6.30. The second-order valence-corrected chi connectivity index (χ2v) is 7.36. The van der Waals surface area contributed by atoms with E-state index in [4.69, 9.17) is 4.74 Å². The largest absolute Gasteiger partial charge is 0.381 e. The third-order valence-electron chi connectivity index (χ3n) is 4.19. The number of hydrogen-bond donors (Lipinski definition) is 2. The number of thiazole rings is 1. The monoisotopic (exact) mass is 295 g/mol. The summed E-state index contributed by atoms with van der Waals surface area (Å²) in [6, 6.07) is 0.144. The fourth-order valence-electron chi connectivity index (χ4n) is 2.52. The third kappa shape index (κ3) is 3.12. The fourth-order valence-corrected chi connectivity index (χ4v) is 3.50. The molecule has 2 amide bonds. The van der Waals surface area contributed by atoms with Crippen molar-refractivity contribution in [1.82, 2.24) is 10.3 Å². The van der Waals surface area contributed by atoms with Crippen molar-refractivity contribution in [2.24, 2.45) is 5.41 Å². The van der Waals surface area contributed by atoms with E-state index in [2.05, 4.69) is 29.5 Å². The van der Waals surface area contributed by atoms with Gasteiger partial charge in [0, 0.05) is 30.3 Å². The molecule has 1 saturated carbocycles. The van der Waals surface area contributed by atoms with E-state index >= 15 is 0 Å². The highest BCUT2D eigenvalue weighted by molar-refractivity contribution is 7.15. The second kappa shape index (κ2) is 5.33. The molecule has 5 nitrogen and oxygen atoms in total. The molecule has 1 saturated heterocycles. The summed E-state index contributed by atoms with van der Waals surface area (Å²) in [6.45, 7) is 5.96. The predicted molar refractivity (Wildman–Crippen MR) is 79.2 cm³/mol. The van der Waals surface area contributed by atoms with Crippen LogP contribution in [0.3, 0.4) is 0 Å². The Morgan fingerprint density at radius 3 is 2.80 bits per heavy atom. The van der Waals surface area contributed by atoms with Gasteiger partial charge in [0.15, 0.2) is 5.13 Å². The first-order valence-corrected chi connectivity index (χ1v) is 7.97. The Morgan fingerprint density at radius 2 is 2.15 bits per heavy atom. The van der Waals surface area contributed by atoms with E-state index in [0.717, 1.165) is 32.5 Å². The van der Waals surface area contributed by atoms with Gasteiger partial charge in [-0.3, -0.25) is 5.32 Å². The van der Waals surface area contributed by atoms with Crippen molar-refractivity contribution in [3.05, 3.63) is 11.1 Å². The lowest BCUT2D eigenvalue weighted by Crippen LogP contribution is -2.32. The van der Waals surface area contributed by atoms with Gasteiger partial charge in [0.1, 0.15) is 0 Å². The number of hydrogen-bond acceptors (Lipinski definition) is 4. The summed E-state index contributed by atoms with van der Waals surface area (Å²) in [5, 5.41) is 6.50. The van der Waals surface area contributed by atoms with Crippen LogP contribution in [0.4, 0.5) is 9.93 Å². The number of ether oxygens (including phenoxy) is 1. The number of rotatable bonds is 3. The molecule has 0 bridgehead atoms. The van der Waals surface area contributed by atoms with Gasteiger partial charge in [0.25, 0.3) is 0 Å². The molecule has 1 aliphatic heterocycles. The van der Waals surface area contributed by atoms with Crippen LogP contribution in [0.15, 0.2) is 6.20 Å². The summed E-state index contributed by atoms with van der Waals surface area (Å²) < 4.78 is 5.37. The normalized spacial score (nSPS) is 25.2. The van der Waals surface area contributed by atoms with Gasteiger partial charge in [-0.25, -0.2) is 9.78 Å². The molecule has 2 aliphatic rings. The van der Waals surface area contributed by atoms with Crippen LogP contribution in [0.1, 0.15) is 43.9 Å². The molecule has 0 aromatic carbocycles. The Morgan fingerprint density at radius 1 is 1.45 bits per heavy atom. The Labute approximate surface area is 123 Å². The van der Waals surface area contributed by atoms with E-state index in [1.807, 2.05) is 6.20 Å². The number of carbonyl (C=O) groups is 1. The van der Waals surface area contributed by atoms with Crippen LogP contribution >= 0.6 is 11.3 Å². The van der Waals surface area contributed by atoms with Crippen molar-refractivity contribution in [1.29, 1.82) is 0 Å². The summed E-state index contributed by atoms with van der Waals surface area (Å²) >= 11 is 1.58. The molecule has 2 fully saturated rings. The fraction of sp³-hybridized carbons (Fsp3) is 0.714. The number of nitrogens with zero attached hydrogens (tertiary/aromatic N) is 1. The van der Waals surface area contributed by atoms with E-state index in [1.165, 1.54) is 4.88 Å². The maximum absolute atomic E-state index is 11.9. The topological polar surface area (TPSA) is 63.2 Å². The van der Waals surface area contributed by atoms with E-state index < -0.39 is 0 Å². The summed E-state index contributed by atoms with van der Waals surface area (Å²) in [6.07, 6.45) is 5.02. The minimum atomic E-state index is -0.145. The van der Waals surface area contributed by atoms with Crippen molar-refractivity contribution in [3.63, 3.8) is 0 Å². The maximum atomic E-state index is 11.9. The highest BCUT2D eigenvalue weighted by Crippen LogP contribution is 2.44. The average molecular weight is 295 g/mol. The van der Waals surface area contributed by atoms with E-state index in [1.54, 1.807) is 11.3 Å². The SMILES string of the molecule is CC1(C)C[C@@H]1NC(=O)Nc1ncc(C2CCOCC2)s1. The van der Waals surface area contributed by atoms with Crippen LogP contribution in [0.25, 0.3) is 0 Å². The minimum absolute atomic E-state index is 0.145. The zero-order valence-electron chi connectivity index (χ0n) is 11.9. The molecule has 1 aromatic rings. The molecule has 2 heterocycles. The maximum Gasteiger partial charge on any atom is 0.321 e. The lowest BCUT2D eigenvalue weighted by molar-refractivity contribution is 0.0860. The Balaban J connectivity index is 1.53. The van der Waals surface area contributed by atoms with Crippen molar-refractivity contribution in [3.8, 4) is 0 Å². The number of aromatic nitrogens is 1. The molecule has 0 unspecified atom stereocenters. The molecule has 2 N–H and O–H groups in total. The Bertz CT molecular complexity index is 494. The number of anilines is 1. The molecule has 6 heteroatoms. The zero-order valence-corrected chi connectivity index (χ0v) is 12.8. The van der Waals surface area contributed by atoms with Crippen molar-refractivity contribution >= 4 is 22.5 Å². The standard InChI is InChI=1S/C14H21N3O2S/c1-14(2)7-11(14)16-12(18)17-13-15-8-10(20-13)9-3-5-19-6-4-9/h8-9,11H,3-7H2,1-2H3,(H2,15,16,17,18)/t11-/m0/s1. The first-order valence-electron chi connectivity index (χ1n) is 7.15. The van der Waals surface area contributed by atoms with Gasteiger partial charge < -0.3 is 10.1 Å². The number of nitrogens with one attached hydrogen (secondary N) is 2. The van der Waals surface area contributed by atoms with Crippen LogP contribution in [0.2, 0.25) is 0 Å². The van der Waals surface area contributed by atoms with E-state index in [-0.39, 0.29) is 17.5 Å². The first-order chi connectivity index (χ1) is 9.54. The molecule has 1 aliphatic carbocycles. The van der Waals surface area contributed by atoms with Gasteiger partial charge in [-0.05, 0) is 30.6 Å². The molecule has 1 atom stereocenters. The smallest absolute Gasteiger partial charge is 0.321 e. The molecule has 20 heavy (non-hydrogen) atoms. The van der Waals surface area contributed by atoms with E-state index in [0.29, 0.717) is 11.0 Å². The highest BCUT2D eigenvalue weighted by Gasteiger charge is 2.46. The lowest BCUT2D eigenvalue weighted by Gasteiger charge is -2.20. The predicted octanol–water partition coefficient (Wildman–Crippen LogP) is 2.96. The van der Waals surface area contributed by atoms with Crippen molar-refractivity contribution in [2.75, 3.05) is 18.5 Å². The average Bonchev–Trinajstić information content (AvgIpc) is 2.83. The van der Waals surface area contributed by atoms with Gasteiger partial charge in [0.05, 0.1) is 0 Å². The van der Waals surface area contributed by atoms with Crippen molar-refractivity contribution in [2.45, 2.75) is 45.1 Å². The summed E-state index contributed by atoms with van der Waals surface area (Å²) in [7, 11) is 0. The quantitative estimate of drug-likeness (QED) is 0.901. The third-order valence-corrected chi connectivity index (χ3v) is 5.26. The van der Waals surface area contributed by atoms with Gasteiger partial charge >= 0.3 is 6.03 Å². The minimum Gasteiger partial charge on any atom is -0.381 e. The summed E-state index contributed by atoms with van der Waals surface area (Å²) in [5.41, 5.74) is 0.244. The Hall–Kier alpha value is -1.14. The highest BCUT2D eigenvalue weighted by atomic mass is 32.1. The molecule has 0 spiro atoms. The van der Waals surface area contributed by atoms with Gasteiger partial charge in [-0.1, -0.05) is 13.8 Å². The molecule has 0 radical (unpaired) electrons. The van der Waals surface area contributed by atoms with E-state index in [9.17, 15) is 4.79 Å². The Kier molecular flexibility index (Phi) is 3.69. The molecular formula is C14H21N3O2S. The van der Waals surface area contributed by atoms with Crippen LogP contribution in [0.5, 0.6) is 0 Å². The van der Waals surface area contributed by atoms with Crippen LogP contribution in [0, 0.1) is 5.41 Å².